The van der Waals surface area contributed by atoms with E-state index in [4.69, 9.17) is 0 Å². The van der Waals surface area contributed by atoms with Crippen LogP contribution in [-0.4, -0.2) is 21.2 Å². The first kappa shape index (κ1) is 14.4. The predicted molar refractivity (Wildman–Crippen MR) is 93.6 cm³/mol. The second-order valence-electron chi connectivity index (χ2n) is 5.67. The highest BCUT2D eigenvalue weighted by atomic mass is 16.3. The van der Waals surface area contributed by atoms with E-state index < -0.39 is 12.0 Å². The molecule has 0 aliphatic carbocycles. The maximum Gasteiger partial charge on any atom is 0.257 e. The van der Waals surface area contributed by atoms with Gasteiger partial charge in [0.1, 0.15) is 0 Å². The average Bonchev–Trinajstić information content (AvgIpc) is 3.08. The molecule has 1 heterocycles. The molecule has 1 unspecified atom stereocenters. The Balaban J connectivity index is 1.57. The summed E-state index contributed by atoms with van der Waals surface area (Å²) in [5, 5.41) is 22.8. The van der Waals surface area contributed by atoms with Gasteiger partial charge in [-0.05, 0) is 40.6 Å². The van der Waals surface area contributed by atoms with Crippen LogP contribution in [0.15, 0.2) is 66.9 Å². The maximum absolute atomic E-state index is 12.3. The molecule has 0 fully saturated rings. The Kier molecular flexibility index (Phi) is 3.48. The number of benzene rings is 3. The number of carbonyl (C=O) groups excluding carboxylic acids is 1. The van der Waals surface area contributed by atoms with Crippen LogP contribution in [0, 0.1) is 0 Å². The molecule has 0 radical (unpaired) electrons. The van der Waals surface area contributed by atoms with E-state index in [2.05, 4.69) is 15.5 Å². The molecule has 1 amide bonds. The second kappa shape index (κ2) is 5.79. The van der Waals surface area contributed by atoms with Crippen LogP contribution in [0.2, 0.25) is 0 Å². The zero-order valence-electron chi connectivity index (χ0n) is 12.7. The summed E-state index contributed by atoms with van der Waals surface area (Å²) in [5.41, 5.74) is 2.08. The highest BCUT2D eigenvalue weighted by Gasteiger charge is 2.18. The molecule has 5 heteroatoms. The van der Waals surface area contributed by atoms with Crippen LogP contribution in [0.5, 0.6) is 0 Å². The van der Waals surface area contributed by atoms with Crippen LogP contribution in [0.25, 0.3) is 21.7 Å². The normalized spacial score (nSPS) is 12.4. The van der Waals surface area contributed by atoms with Gasteiger partial charge in [-0.25, -0.2) is 0 Å². The first-order chi connectivity index (χ1) is 11.7. The molecule has 0 aliphatic heterocycles. The molecule has 118 valence electrons. The standard InChI is InChI=1S/C19H15N3O2/c23-18(14-6-5-12-3-1-2-4-13(12)9-14)19(24)21-16-7-8-17-15(10-16)11-20-22-17/h1-11,18,23H,(H,20,22)(H,21,24). The van der Waals surface area contributed by atoms with Gasteiger partial charge in [0.2, 0.25) is 0 Å². The first-order valence-electron chi connectivity index (χ1n) is 7.61. The lowest BCUT2D eigenvalue weighted by atomic mass is 10.0. The van der Waals surface area contributed by atoms with Crippen LogP contribution in [0.4, 0.5) is 5.69 Å². The van der Waals surface area contributed by atoms with E-state index in [0.29, 0.717) is 11.3 Å². The van der Waals surface area contributed by atoms with Crippen LogP contribution in [0.3, 0.4) is 0 Å². The second-order valence-corrected chi connectivity index (χ2v) is 5.67. The van der Waals surface area contributed by atoms with Crippen LogP contribution in [0.1, 0.15) is 11.7 Å². The number of nitrogens with one attached hydrogen (secondary N) is 2. The fourth-order valence-electron chi connectivity index (χ4n) is 2.76. The number of hydrogen-bond acceptors (Lipinski definition) is 3. The molecule has 0 saturated carbocycles. The van der Waals surface area contributed by atoms with E-state index >= 15 is 0 Å². The highest BCUT2D eigenvalue weighted by molar-refractivity contribution is 5.97. The molecule has 0 saturated heterocycles. The Morgan fingerprint density at radius 2 is 1.83 bits per heavy atom. The van der Waals surface area contributed by atoms with Crippen molar-refractivity contribution in [1.29, 1.82) is 0 Å². The molecule has 4 rings (SSSR count). The number of aliphatic hydroxyl groups excluding tert-OH is 1. The fourth-order valence-corrected chi connectivity index (χ4v) is 2.76. The van der Waals surface area contributed by atoms with Crippen molar-refractivity contribution < 1.29 is 9.90 Å². The third-order valence-electron chi connectivity index (χ3n) is 4.05. The summed E-state index contributed by atoms with van der Waals surface area (Å²) in [6.45, 7) is 0. The zero-order valence-corrected chi connectivity index (χ0v) is 12.7. The number of carbonyl (C=O) groups is 1. The minimum absolute atomic E-state index is 0.465. The van der Waals surface area contributed by atoms with Gasteiger partial charge in [-0.3, -0.25) is 9.89 Å². The highest BCUT2D eigenvalue weighted by Crippen LogP contribution is 2.23. The molecule has 24 heavy (non-hydrogen) atoms. The number of nitrogens with zero attached hydrogens (tertiary/aromatic N) is 1. The Bertz CT molecular complexity index is 1040. The van der Waals surface area contributed by atoms with Gasteiger partial charge in [0.25, 0.3) is 5.91 Å². The van der Waals surface area contributed by atoms with E-state index in [-0.39, 0.29) is 0 Å². The number of anilines is 1. The quantitative estimate of drug-likeness (QED) is 0.542. The summed E-state index contributed by atoms with van der Waals surface area (Å²) >= 11 is 0. The minimum Gasteiger partial charge on any atom is -0.378 e. The third-order valence-corrected chi connectivity index (χ3v) is 4.05. The molecule has 1 aromatic heterocycles. The average molecular weight is 317 g/mol. The molecule has 5 nitrogen and oxygen atoms in total. The van der Waals surface area contributed by atoms with Gasteiger partial charge >= 0.3 is 0 Å². The number of hydrogen-bond donors (Lipinski definition) is 3. The Hall–Kier alpha value is -3.18. The predicted octanol–water partition coefficient (Wildman–Crippen LogP) is 3.39. The number of fused-ring (bicyclic) bond motifs is 2. The SMILES string of the molecule is O=C(Nc1ccc2[nH]ncc2c1)C(O)c1ccc2ccccc2c1. The largest absolute Gasteiger partial charge is 0.378 e. The Morgan fingerprint density at radius 1 is 1.00 bits per heavy atom. The van der Waals surface area contributed by atoms with Crippen molar-refractivity contribution in [2.24, 2.45) is 0 Å². The van der Waals surface area contributed by atoms with Gasteiger partial charge in [0.05, 0.1) is 11.7 Å². The van der Waals surface area contributed by atoms with E-state index in [1.54, 1.807) is 18.3 Å². The smallest absolute Gasteiger partial charge is 0.257 e. The van der Waals surface area contributed by atoms with Crippen molar-refractivity contribution in [2.75, 3.05) is 5.32 Å². The van der Waals surface area contributed by atoms with Crippen molar-refractivity contribution in [2.45, 2.75) is 6.10 Å². The number of amides is 1. The summed E-state index contributed by atoms with van der Waals surface area (Å²) in [6, 6.07) is 18.7. The minimum atomic E-state index is -1.23. The van der Waals surface area contributed by atoms with Gasteiger partial charge in [-0.15, -0.1) is 0 Å². The van der Waals surface area contributed by atoms with Gasteiger partial charge in [-0.2, -0.15) is 5.10 Å². The molecule has 0 bridgehead atoms. The summed E-state index contributed by atoms with van der Waals surface area (Å²) in [7, 11) is 0. The van der Waals surface area contributed by atoms with Crippen LogP contribution in [-0.2, 0) is 4.79 Å². The van der Waals surface area contributed by atoms with E-state index in [9.17, 15) is 9.90 Å². The van der Waals surface area contributed by atoms with Crippen molar-refractivity contribution in [3.63, 3.8) is 0 Å². The van der Waals surface area contributed by atoms with Crippen molar-refractivity contribution >= 4 is 33.3 Å². The molecule has 0 spiro atoms. The van der Waals surface area contributed by atoms with Gasteiger partial charge in [-0.1, -0.05) is 36.4 Å². The number of aromatic nitrogens is 2. The molecule has 0 aliphatic rings. The summed E-state index contributed by atoms with van der Waals surface area (Å²) in [6.07, 6.45) is 0.458. The van der Waals surface area contributed by atoms with E-state index in [0.717, 1.165) is 21.7 Å². The molecule has 3 N–H and O–H groups in total. The zero-order chi connectivity index (χ0) is 16.5. The van der Waals surface area contributed by atoms with Crippen LogP contribution >= 0.6 is 0 Å². The summed E-state index contributed by atoms with van der Waals surface area (Å²) in [4.78, 5) is 12.3. The molecule has 4 aromatic rings. The monoisotopic (exact) mass is 317 g/mol. The van der Waals surface area contributed by atoms with Gasteiger partial charge < -0.3 is 10.4 Å². The van der Waals surface area contributed by atoms with Crippen LogP contribution < -0.4 is 5.32 Å². The summed E-state index contributed by atoms with van der Waals surface area (Å²) < 4.78 is 0. The molecular weight excluding hydrogens is 302 g/mol. The molecule has 3 aromatic carbocycles. The number of aromatic amines is 1. The lowest BCUT2D eigenvalue weighted by Gasteiger charge is -2.12. The third kappa shape index (κ3) is 2.61. The van der Waals surface area contributed by atoms with E-state index in [1.807, 2.05) is 48.5 Å². The van der Waals surface area contributed by atoms with E-state index in [1.165, 1.54) is 0 Å². The number of rotatable bonds is 3. The molecule has 1 atom stereocenters. The van der Waals surface area contributed by atoms with Crippen molar-refractivity contribution in [3.05, 3.63) is 72.4 Å². The number of H-pyrrole nitrogens is 1. The van der Waals surface area contributed by atoms with Crippen molar-refractivity contribution in [3.8, 4) is 0 Å². The first-order valence-corrected chi connectivity index (χ1v) is 7.61. The van der Waals surface area contributed by atoms with Crippen molar-refractivity contribution in [1.82, 2.24) is 10.2 Å². The maximum atomic E-state index is 12.3. The fraction of sp³-hybridized carbons (Fsp3) is 0.0526. The Morgan fingerprint density at radius 3 is 2.71 bits per heavy atom. The lowest BCUT2D eigenvalue weighted by Crippen LogP contribution is -2.20. The topological polar surface area (TPSA) is 78.0 Å². The summed E-state index contributed by atoms with van der Waals surface area (Å²) in [5.74, 6) is -0.465. The lowest BCUT2D eigenvalue weighted by molar-refractivity contribution is -0.124. The Labute approximate surface area is 137 Å². The number of aliphatic hydroxyl groups is 1. The molecular formula is C19H15N3O2. The van der Waals surface area contributed by atoms with Gasteiger partial charge in [0, 0.05) is 11.1 Å². The van der Waals surface area contributed by atoms with Gasteiger partial charge in [0.15, 0.2) is 6.10 Å².